The van der Waals surface area contributed by atoms with Gasteiger partial charge in [0.05, 0.1) is 11.8 Å². The Morgan fingerprint density at radius 1 is 0.773 bits per heavy atom. The average molecular weight is 341 g/mol. The van der Waals surface area contributed by atoms with Crippen LogP contribution in [-0.4, -0.2) is 0 Å². The Bertz CT molecular complexity index is 766. The maximum absolute atomic E-state index is 10.7. The molecule has 9 heteroatoms. The standard InChI is InChI=1S/C13H10NO.F6P/c1-2-8-14-9-3-5-11(12(14)6-1)13-7-4-10-15-13;1-7(2,3,4,5)6/h1-10H;/q+1;-1. The number of halogens is 6. The van der Waals surface area contributed by atoms with Gasteiger partial charge >= 0.3 is 33.0 Å². The van der Waals surface area contributed by atoms with Gasteiger partial charge in [-0.15, -0.1) is 0 Å². The normalized spacial score (nSPS) is 14.6. The van der Waals surface area contributed by atoms with Gasteiger partial charge in [0, 0.05) is 18.2 Å². The van der Waals surface area contributed by atoms with Crippen molar-refractivity contribution in [2.45, 2.75) is 0 Å². The van der Waals surface area contributed by atoms with Crippen LogP contribution < -0.4 is 4.40 Å². The molecule has 0 unspecified atom stereocenters. The molecule has 3 heterocycles. The Morgan fingerprint density at radius 2 is 1.41 bits per heavy atom. The SMILES string of the molecule is F[P-](F)(F)(F)(F)F.c1coc(-c2ccc[n+]3ccccc23)c1. The predicted octanol–water partition coefficient (Wildman–Crippen LogP) is 6.07. The molecule has 0 saturated heterocycles. The molecule has 3 aromatic rings. The third-order valence-electron chi connectivity index (χ3n) is 2.46. The molecule has 0 radical (unpaired) electrons. The minimum absolute atomic E-state index is 0.902. The third kappa shape index (κ3) is 5.73. The van der Waals surface area contributed by atoms with Crippen molar-refractivity contribution in [2.24, 2.45) is 0 Å². The second-order valence-electron chi connectivity index (χ2n) is 4.35. The third-order valence-corrected chi connectivity index (χ3v) is 2.46. The molecule has 0 N–H and O–H groups in total. The molecular weight excluding hydrogens is 331 g/mol. The summed E-state index contributed by atoms with van der Waals surface area (Å²) in [4.78, 5) is 0. The first kappa shape index (κ1) is 16.3. The van der Waals surface area contributed by atoms with Crippen LogP contribution in [0.15, 0.2) is 65.5 Å². The smallest absolute Gasteiger partial charge is 0.221 e. The Morgan fingerprint density at radius 3 is 2.00 bits per heavy atom. The Hall–Kier alpha value is -2.08. The molecule has 0 spiro atoms. The van der Waals surface area contributed by atoms with Crippen molar-refractivity contribution in [3.05, 3.63) is 61.1 Å². The van der Waals surface area contributed by atoms with Crippen LogP contribution in [-0.2, 0) is 0 Å². The quantitative estimate of drug-likeness (QED) is 0.298. The zero-order chi connectivity index (χ0) is 16.5. The van der Waals surface area contributed by atoms with Crippen molar-refractivity contribution < 1.29 is 34.0 Å². The van der Waals surface area contributed by atoms with E-state index in [1.165, 1.54) is 0 Å². The summed E-state index contributed by atoms with van der Waals surface area (Å²) in [5, 5.41) is 0. The topological polar surface area (TPSA) is 17.2 Å². The molecule has 3 rings (SSSR count). The van der Waals surface area contributed by atoms with E-state index in [0.717, 1.165) is 16.8 Å². The van der Waals surface area contributed by atoms with Crippen molar-refractivity contribution in [2.75, 3.05) is 0 Å². The zero-order valence-corrected chi connectivity index (χ0v) is 11.7. The second-order valence-corrected chi connectivity index (χ2v) is 6.27. The summed E-state index contributed by atoms with van der Waals surface area (Å²) in [5.41, 5.74) is 2.26. The molecule has 120 valence electrons. The zero-order valence-electron chi connectivity index (χ0n) is 10.8. The summed E-state index contributed by atoms with van der Waals surface area (Å²) in [6.45, 7) is 0. The van der Waals surface area contributed by atoms with Crippen LogP contribution in [0.2, 0.25) is 0 Å². The van der Waals surface area contributed by atoms with Crippen LogP contribution >= 0.6 is 7.81 Å². The number of pyridine rings is 2. The van der Waals surface area contributed by atoms with E-state index >= 15 is 0 Å². The number of furan rings is 1. The molecule has 0 aliphatic carbocycles. The first-order chi connectivity index (χ1) is 9.90. The van der Waals surface area contributed by atoms with Crippen LogP contribution in [0.3, 0.4) is 0 Å². The van der Waals surface area contributed by atoms with Gasteiger partial charge < -0.3 is 4.42 Å². The van der Waals surface area contributed by atoms with Gasteiger partial charge in [-0.05, 0) is 24.3 Å². The van der Waals surface area contributed by atoms with Crippen molar-refractivity contribution in [3.63, 3.8) is 0 Å². The molecule has 22 heavy (non-hydrogen) atoms. The van der Waals surface area contributed by atoms with E-state index in [4.69, 9.17) is 4.42 Å². The Kier molecular flexibility index (Phi) is 3.49. The molecule has 0 amide bonds. The minimum Gasteiger partial charge on any atom is -0.464 e. The fourth-order valence-electron chi connectivity index (χ4n) is 1.77. The molecule has 0 atom stereocenters. The summed E-state index contributed by atoms with van der Waals surface area (Å²) < 4.78 is 66.7. The average Bonchev–Trinajstić information content (AvgIpc) is 2.88. The fourth-order valence-corrected chi connectivity index (χ4v) is 1.77. The molecule has 0 aliphatic heterocycles. The molecule has 0 bridgehead atoms. The summed E-state index contributed by atoms with van der Waals surface area (Å²) in [6, 6.07) is 14.1. The van der Waals surface area contributed by atoms with Gasteiger partial charge in [-0.2, -0.15) is 4.40 Å². The molecule has 0 aromatic carbocycles. The monoisotopic (exact) mass is 341 g/mol. The summed E-state index contributed by atoms with van der Waals surface area (Å²) in [6.07, 6.45) is 5.76. The number of hydrogen-bond acceptors (Lipinski definition) is 1. The number of nitrogens with zero attached hydrogens (tertiary/aromatic N) is 1. The van der Waals surface area contributed by atoms with Crippen LogP contribution in [0.4, 0.5) is 25.2 Å². The van der Waals surface area contributed by atoms with Crippen molar-refractivity contribution >= 4 is 13.3 Å². The maximum atomic E-state index is 9.87. The Labute approximate surface area is 120 Å². The van der Waals surface area contributed by atoms with Gasteiger partial charge in [-0.25, -0.2) is 0 Å². The summed E-state index contributed by atoms with van der Waals surface area (Å²) >= 11 is 0. The molecule has 0 saturated carbocycles. The largest absolute Gasteiger partial charge is 0.464 e. The van der Waals surface area contributed by atoms with E-state index in [2.05, 4.69) is 16.5 Å². The molecular formula is C13H10F6NOP. The van der Waals surface area contributed by atoms with Crippen molar-refractivity contribution in [1.82, 2.24) is 0 Å². The van der Waals surface area contributed by atoms with Crippen LogP contribution in [0.5, 0.6) is 0 Å². The Balaban J connectivity index is 0.000000217. The van der Waals surface area contributed by atoms with Crippen LogP contribution in [0.25, 0.3) is 16.8 Å². The van der Waals surface area contributed by atoms with E-state index in [1.807, 2.05) is 42.7 Å². The second kappa shape index (κ2) is 4.71. The summed E-state index contributed by atoms with van der Waals surface area (Å²) in [5.74, 6) is 0.902. The fraction of sp³-hybridized carbons (Fsp3) is 0. The molecule has 0 fully saturated rings. The van der Waals surface area contributed by atoms with Gasteiger partial charge in [0.2, 0.25) is 5.52 Å². The maximum Gasteiger partial charge on any atom is 0.221 e. The number of aromatic nitrogens is 1. The van der Waals surface area contributed by atoms with Crippen molar-refractivity contribution in [3.8, 4) is 11.3 Å². The van der Waals surface area contributed by atoms with Gasteiger partial charge in [0.1, 0.15) is 5.76 Å². The molecule has 2 nitrogen and oxygen atoms in total. The van der Waals surface area contributed by atoms with Gasteiger partial charge in [0.25, 0.3) is 0 Å². The number of fused-ring (bicyclic) bond motifs is 1. The first-order valence-corrected chi connectivity index (χ1v) is 7.92. The van der Waals surface area contributed by atoms with Crippen LogP contribution in [0, 0.1) is 0 Å². The molecule has 0 aliphatic rings. The molecule has 3 aromatic heterocycles. The van der Waals surface area contributed by atoms with E-state index in [9.17, 15) is 25.2 Å². The predicted molar refractivity (Wildman–Crippen MR) is 70.9 cm³/mol. The van der Waals surface area contributed by atoms with Gasteiger partial charge in [-0.3, -0.25) is 0 Å². The minimum atomic E-state index is -10.7. The van der Waals surface area contributed by atoms with E-state index in [1.54, 1.807) is 6.26 Å². The van der Waals surface area contributed by atoms with E-state index in [-0.39, 0.29) is 0 Å². The number of hydrogen-bond donors (Lipinski definition) is 0. The van der Waals surface area contributed by atoms with E-state index in [0.29, 0.717) is 0 Å². The van der Waals surface area contributed by atoms with Gasteiger partial charge in [-0.1, -0.05) is 0 Å². The number of rotatable bonds is 1. The van der Waals surface area contributed by atoms with Crippen molar-refractivity contribution in [1.29, 1.82) is 0 Å². The first-order valence-electron chi connectivity index (χ1n) is 5.89. The van der Waals surface area contributed by atoms with E-state index < -0.39 is 7.81 Å². The van der Waals surface area contributed by atoms with Gasteiger partial charge in [0.15, 0.2) is 12.4 Å². The summed E-state index contributed by atoms with van der Waals surface area (Å²) in [7, 11) is -10.7. The van der Waals surface area contributed by atoms with Crippen LogP contribution in [0.1, 0.15) is 0 Å².